The van der Waals surface area contributed by atoms with Gasteiger partial charge in [0.1, 0.15) is 18.1 Å². The van der Waals surface area contributed by atoms with Gasteiger partial charge in [-0.3, -0.25) is 5.10 Å². The second kappa shape index (κ2) is 7.93. The van der Waals surface area contributed by atoms with E-state index >= 15 is 0 Å². The molecular weight excluding hydrogens is 398 g/mol. The highest BCUT2D eigenvalue weighted by atomic mass is 32.2. The smallest absolute Gasteiger partial charge is 0.356 e. The van der Waals surface area contributed by atoms with E-state index in [0.717, 1.165) is 5.52 Å². The van der Waals surface area contributed by atoms with Gasteiger partial charge in [0.25, 0.3) is 0 Å². The summed E-state index contributed by atoms with van der Waals surface area (Å²) < 4.78 is 39.6. The van der Waals surface area contributed by atoms with Gasteiger partial charge in [0.05, 0.1) is 29.1 Å². The second-order valence-corrected chi connectivity index (χ2v) is 8.42. The van der Waals surface area contributed by atoms with Gasteiger partial charge in [0.2, 0.25) is 10.0 Å². The Morgan fingerprint density at radius 3 is 2.76 bits per heavy atom. The maximum atomic E-state index is 12.9. The third-order valence-electron chi connectivity index (χ3n) is 4.78. The number of H-pyrrole nitrogens is 1. The van der Waals surface area contributed by atoms with E-state index in [1.165, 1.54) is 16.6 Å². The minimum absolute atomic E-state index is 0.0358. The van der Waals surface area contributed by atoms with Gasteiger partial charge in [0, 0.05) is 25.8 Å². The highest BCUT2D eigenvalue weighted by molar-refractivity contribution is 7.89. The minimum Gasteiger partial charge on any atom is -0.453 e. The maximum absolute atomic E-state index is 12.9. The zero-order chi connectivity index (χ0) is 20.4. The first-order valence-corrected chi connectivity index (χ1v) is 10.7. The number of esters is 1. The van der Waals surface area contributed by atoms with Gasteiger partial charge in [-0.05, 0) is 31.2 Å². The molecule has 0 unspecified atom stereocenters. The number of carbonyl (C=O) groups is 1. The SMILES string of the molecule is CCn1c(COC(=O)c2ccn[nH]2)nc2cc(S(=O)(=O)N3CCOCC3)ccc21. The number of sulfonamides is 1. The molecule has 0 aliphatic carbocycles. The van der Waals surface area contributed by atoms with Crippen molar-refractivity contribution in [2.24, 2.45) is 0 Å². The summed E-state index contributed by atoms with van der Waals surface area (Å²) in [5.41, 5.74) is 1.57. The molecule has 1 N–H and O–H groups in total. The second-order valence-electron chi connectivity index (χ2n) is 6.49. The van der Waals surface area contributed by atoms with Crippen LogP contribution in [0.15, 0.2) is 35.4 Å². The Morgan fingerprint density at radius 2 is 2.07 bits per heavy atom. The van der Waals surface area contributed by atoms with Crippen molar-refractivity contribution in [2.75, 3.05) is 26.3 Å². The molecule has 154 valence electrons. The number of benzene rings is 1. The lowest BCUT2D eigenvalue weighted by atomic mass is 10.3. The van der Waals surface area contributed by atoms with Gasteiger partial charge >= 0.3 is 5.97 Å². The molecule has 10 nitrogen and oxygen atoms in total. The quantitative estimate of drug-likeness (QED) is 0.595. The van der Waals surface area contributed by atoms with E-state index in [4.69, 9.17) is 9.47 Å². The number of nitrogens with zero attached hydrogens (tertiary/aromatic N) is 4. The third kappa shape index (κ3) is 3.76. The first-order chi connectivity index (χ1) is 14.0. The number of imidazole rings is 1. The molecule has 11 heteroatoms. The fourth-order valence-electron chi connectivity index (χ4n) is 3.30. The zero-order valence-electron chi connectivity index (χ0n) is 15.9. The van der Waals surface area contributed by atoms with E-state index < -0.39 is 16.0 Å². The van der Waals surface area contributed by atoms with E-state index in [9.17, 15) is 13.2 Å². The predicted molar refractivity (Wildman–Crippen MR) is 103 cm³/mol. The van der Waals surface area contributed by atoms with Crippen molar-refractivity contribution in [1.29, 1.82) is 0 Å². The van der Waals surface area contributed by atoms with Gasteiger partial charge in [-0.25, -0.2) is 18.2 Å². The van der Waals surface area contributed by atoms with Crippen LogP contribution in [-0.4, -0.2) is 64.7 Å². The highest BCUT2D eigenvalue weighted by Crippen LogP contribution is 2.24. The van der Waals surface area contributed by atoms with Gasteiger partial charge < -0.3 is 14.0 Å². The highest BCUT2D eigenvalue weighted by Gasteiger charge is 2.27. The van der Waals surface area contributed by atoms with Crippen molar-refractivity contribution in [3.05, 3.63) is 42.0 Å². The molecule has 1 fully saturated rings. The largest absolute Gasteiger partial charge is 0.453 e. The summed E-state index contributed by atoms with van der Waals surface area (Å²) in [6, 6.07) is 6.40. The lowest BCUT2D eigenvalue weighted by Gasteiger charge is -2.26. The average Bonchev–Trinajstić information content (AvgIpc) is 3.39. The number of aryl methyl sites for hydroxylation is 1. The summed E-state index contributed by atoms with van der Waals surface area (Å²) in [4.78, 5) is 16.7. The van der Waals surface area contributed by atoms with Crippen LogP contribution in [0, 0.1) is 0 Å². The van der Waals surface area contributed by atoms with E-state index in [0.29, 0.717) is 44.2 Å². The molecule has 3 aromatic rings. The van der Waals surface area contributed by atoms with Crippen LogP contribution in [-0.2, 0) is 32.6 Å². The fourth-order valence-corrected chi connectivity index (χ4v) is 4.72. The normalized spacial score (nSPS) is 15.6. The van der Waals surface area contributed by atoms with Crippen LogP contribution in [0.5, 0.6) is 0 Å². The Hall–Kier alpha value is -2.76. The molecule has 3 heterocycles. The van der Waals surface area contributed by atoms with Crippen molar-refractivity contribution in [3.8, 4) is 0 Å². The van der Waals surface area contributed by atoms with Crippen molar-refractivity contribution in [2.45, 2.75) is 25.0 Å². The maximum Gasteiger partial charge on any atom is 0.356 e. The summed E-state index contributed by atoms with van der Waals surface area (Å²) in [5, 5.41) is 6.27. The van der Waals surface area contributed by atoms with Crippen molar-refractivity contribution < 1.29 is 22.7 Å². The number of rotatable bonds is 6. The average molecular weight is 419 g/mol. The van der Waals surface area contributed by atoms with Crippen LogP contribution < -0.4 is 0 Å². The number of fused-ring (bicyclic) bond motifs is 1. The lowest BCUT2D eigenvalue weighted by Crippen LogP contribution is -2.40. The molecular formula is C18H21N5O5S. The number of hydrogen-bond acceptors (Lipinski definition) is 7. The number of morpholine rings is 1. The number of nitrogens with one attached hydrogen (secondary N) is 1. The predicted octanol–water partition coefficient (Wildman–Crippen LogP) is 1.16. The van der Waals surface area contributed by atoms with Crippen LogP contribution in [0.25, 0.3) is 11.0 Å². The first kappa shape index (κ1) is 19.6. The van der Waals surface area contributed by atoms with Crippen molar-refractivity contribution >= 4 is 27.0 Å². The van der Waals surface area contributed by atoms with Crippen molar-refractivity contribution in [3.63, 3.8) is 0 Å². The molecule has 0 saturated carbocycles. The van der Waals surface area contributed by atoms with E-state index in [-0.39, 0.29) is 17.2 Å². The molecule has 4 rings (SSSR count). The summed E-state index contributed by atoms with van der Waals surface area (Å²) in [7, 11) is -3.61. The molecule has 0 amide bonds. The molecule has 1 aliphatic rings. The Labute approximate surface area is 167 Å². The van der Waals surface area contributed by atoms with Gasteiger partial charge in [0.15, 0.2) is 0 Å². The van der Waals surface area contributed by atoms with Crippen molar-refractivity contribution in [1.82, 2.24) is 24.1 Å². The van der Waals surface area contributed by atoms with E-state index in [2.05, 4.69) is 15.2 Å². The summed E-state index contributed by atoms with van der Waals surface area (Å²) >= 11 is 0. The molecule has 0 atom stereocenters. The van der Waals surface area contributed by atoms with Crippen LogP contribution >= 0.6 is 0 Å². The first-order valence-electron chi connectivity index (χ1n) is 9.24. The van der Waals surface area contributed by atoms with Crippen LogP contribution in [0.1, 0.15) is 23.2 Å². The Bertz CT molecular complexity index is 1120. The Balaban J connectivity index is 1.61. The number of carbonyl (C=O) groups excluding carboxylic acids is 1. The number of aromatic nitrogens is 4. The summed E-state index contributed by atoms with van der Waals surface area (Å²) in [6.07, 6.45) is 1.47. The molecule has 1 aliphatic heterocycles. The lowest BCUT2D eigenvalue weighted by molar-refractivity contribution is 0.0451. The number of aromatic amines is 1. The molecule has 1 saturated heterocycles. The summed E-state index contributed by atoms with van der Waals surface area (Å²) in [6.45, 7) is 3.95. The number of ether oxygens (including phenoxy) is 2. The Morgan fingerprint density at radius 1 is 1.28 bits per heavy atom. The number of hydrogen-bond donors (Lipinski definition) is 1. The van der Waals surface area contributed by atoms with Crippen LogP contribution in [0.4, 0.5) is 0 Å². The molecule has 0 radical (unpaired) electrons. The zero-order valence-corrected chi connectivity index (χ0v) is 16.7. The summed E-state index contributed by atoms with van der Waals surface area (Å²) in [5.74, 6) is 0.00378. The molecule has 29 heavy (non-hydrogen) atoms. The van der Waals surface area contributed by atoms with E-state index in [1.54, 1.807) is 18.2 Å². The third-order valence-corrected chi connectivity index (χ3v) is 6.67. The molecule has 2 aromatic heterocycles. The fraction of sp³-hybridized carbons (Fsp3) is 0.389. The van der Waals surface area contributed by atoms with Crippen LogP contribution in [0.3, 0.4) is 0 Å². The minimum atomic E-state index is -3.61. The van der Waals surface area contributed by atoms with Gasteiger partial charge in [-0.1, -0.05) is 0 Å². The van der Waals surface area contributed by atoms with E-state index in [1.807, 2.05) is 11.5 Å². The van der Waals surface area contributed by atoms with Gasteiger partial charge in [-0.2, -0.15) is 9.40 Å². The topological polar surface area (TPSA) is 119 Å². The van der Waals surface area contributed by atoms with Gasteiger partial charge in [-0.15, -0.1) is 0 Å². The monoisotopic (exact) mass is 419 g/mol. The standard InChI is InChI=1S/C18H21N5O5S/c1-2-23-16-4-3-13(29(25,26)22-7-9-27-10-8-22)11-15(16)20-17(23)12-28-18(24)14-5-6-19-21-14/h3-6,11H,2,7-10,12H2,1H3,(H,19,21). The van der Waals surface area contributed by atoms with Crippen LogP contribution in [0.2, 0.25) is 0 Å². The molecule has 1 aromatic carbocycles. The Kier molecular flexibility index (Phi) is 5.35. The molecule has 0 spiro atoms. The molecule has 0 bridgehead atoms.